The number of carbonyl (C=O) groups is 1. The predicted octanol–water partition coefficient (Wildman–Crippen LogP) is 3.07. The van der Waals surface area contributed by atoms with E-state index in [0.29, 0.717) is 11.4 Å². The van der Waals surface area contributed by atoms with Crippen molar-refractivity contribution in [2.24, 2.45) is 0 Å². The van der Waals surface area contributed by atoms with Crippen molar-refractivity contribution in [3.05, 3.63) is 0 Å². The van der Waals surface area contributed by atoms with E-state index in [1.807, 2.05) is 20.8 Å². The van der Waals surface area contributed by atoms with Crippen molar-refractivity contribution in [3.63, 3.8) is 0 Å². The number of hydrogen-bond donors (Lipinski definition) is 1. The molecule has 0 saturated heterocycles. The van der Waals surface area contributed by atoms with Gasteiger partial charge in [0.25, 0.3) is 0 Å². The topological polar surface area (TPSA) is 38.3 Å². The third kappa shape index (κ3) is 8.35. The normalized spacial score (nSPS) is 13.5. The highest BCUT2D eigenvalue weighted by molar-refractivity contribution is 9.09. The van der Waals surface area contributed by atoms with Gasteiger partial charge in [-0.2, -0.15) is 0 Å². The van der Waals surface area contributed by atoms with Crippen LogP contribution in [0.2, 0.25) is 0 Å². The molecule has 1 unspecified atom stereocenters. The average molecular weight is 266 g/mol. The van der Waals surface area contributed by atoms with Gasteiger partial charge in [-0.1, -0.05) is 29.3 Å². The molecule has 0 aliphatic carbocycles. The molecule has 84 valence electrons. The Hall–Kier alpha value is -0.250. The van der Waals surface area contributed by atoms with Crippen LogP contribution in [0, 0.1) is 0 Å². The Bertz CT molecular complexity index is 177. The Kier molecular flexibility index (Phi) is 6.16. The molecule has 0 aliphatic heterocycles. The number of ether oxygens (including phenoxy) is 1. The van der Waals surface area contributed by atoms with Crippen LogP contribution >= 0.6 is 15.9 Å². The molecule has 1 atom stereocenters. The van der Waals surface area contributed by atoms with Gasteiger partial charge in [0.2, 0.25) is 0 Å². The molecule has 1 N–H and O–H groups in total. The fourth-order valence-electron chi connectivity index (χ4n) is 0.924. The van der Waals surface area contributed by atoms with Crippen LogP contribution in [0.25, 0.3) is 0 Å². The molecule has 0 rings (SSSR count). The van der Waals surface area contributed by atoms with Gasteiger partial charge in [0.1, 0.15) is 5.60 Å². The standard InChI is InChI=1S/C10H20BrNO2/c1-5-6-8(11)7-12-9(13)14-10(2,3)4/h8H,5-7H2,1-4H3,(H,12,13). The predicted molar refractivity (Wildman–Crippen MR) is 61.9 cm³/mol. The number of amides is 1. The Balaban J connectivity index is 3.64. The van der Waals surface area contributed by atoms with Crippen LogP contribution in [-0.4, -0.2) is 23.1 Å². The first-order valence-corrected chi connectivity index (χ1v) is 5.87. The highest BCUT2D eigenvalue weighted by Crippen LogP contribution is 2.08. The van der Waals surface area contributed by atoms with Crippen LogP contribution in [0.5, 0.6) is 0 Å². The van der Waals surface area contributed by atoms with E-state index in [1.165, 1.54) is 0 Å². The van der Waals surface area contributed by atoms with Crippen molar-refractivity contribution in [1.82, 2.24) is 5.32 Å². The molecule has 0 radical (unpaired) electrons. The molecule has 4 heteroatoms. The van der Waals surface area contributed by atoms with Crippen molar-refractivity contribution in [2.75, 3.05) is 6.54 Å². The van der Waals surface area contributed by atoms with Gasteiger partial charge in [-0.05, 0) is 27.2 Å². The summed E-state index contributed by atoms with van der Waals surface area (Å²) in [6.45, 7) is 8.28. The second-order valence-electron chi connectivity index (χ2n) is 4.27. The van der Waals surface area contributed by atoms with Crippen molar-refractivity contribution >= 4 is 22.0 Å². The van der Waals surface area contributed by atoms with Gasteiger partial charge in [0.15, 0.2) is 0 Å². The van der Waals surface area contributed by atoms with E-state index >= 15 is 0 Å². The highest BCUT2D eigenvalue weighted by atomic mass is 79.9. The second kappa shape index (κ2) is 6.27. The molecule has 0 heterocycles. The number of halogens is 1. The first-order chi connectivity index (χ1) is 6.35. The summed E-state index contributed by atoms with van der Waals surface area (Å²) in [5.74, 6) is 0. The first kappa shape index (κ1) is 13.8. The largest absolute Gasteiger partial charge is 0.444 e. The van der Waals surface area contributed by atoms with E-state index in [9.17, 15) is 4.79 Å². The lowest BCUT2D eigenvalue weighted by atomic mass is 10.2. The lowest BCUT2D eigenvalue weighted by Gasteiger charge is -2.20. The van der Waals surface area contributed by atoms with E-state index in [0.717, 1.165) is 12.8 Å². The number of hydrogen-bond acceptors (Lipinski definition) is 2. The Morgan fingerprint density at radius 1 is 1.50 bits per heavy atom. The number of carbonyl (C=O) groups excluding carboxylic acids is 1. The second-order valence-corrected chi connectivity index (χ2v) is 5.56. The minimum atomic E-state index is -0.420. The molecule has 0 aromatic rings. The Morgan fingerprint density at radius 2 is 2.07 bits per heavy atom. The molecular weight excluding hydrogens is 246 g/mol. The highest BCUT2D eigenvalue weighted by Gasteiger charge is 2.16. The molecule has 14 heavy (non-hydrogen) atoms. The molecule has 0 fully saturated rings. The summed E-state index contributed by atoms with van der Waals surface area (Å²) in [4.78, 5) is 11.5. The summed E-state index contributed by atoms with van der Waals surface area (Å²) in [6.07, 6.45) is 1.81. The maximum Gasteiger partial charge on any atom is 0.407 e. The van der Waals surface area contributed by atoms with E-state index in [-0.39, 0.29) is 6.09 Å². The van der Waals surface area contributed by atoms with E-state index in [1.54, 1.807) is 0 Å². The molecule has 0 saturated carbocycles. The molecule has 3 nitrogen and oxygen atoms in total. The SMILES string of the molecule is CCCC(Br)CNC(=O)OC(C)(C)C. The maximum atomic E-state index is 11.2. The van der Waals surface area contributed by atoms with E-state index in [4.69, 9.17) is 4.74 Å². The van der Waals surface area contributed by atoms with Crippen LogP contribution < -0.4 is 5.32 Å². The Labute approximate surface area is 94.7 Å². The molecule has 1 amide bonds. The van der Waals surface area contributed by atoms with Gasteiger partial charge in [0, 0.05) is 11.4 Å². The fraction of sp³-hybridized carbons (Fsp3) is 0.900. The van der Waals surface area contributed by atoms with Crippen molar-refractivity contribution < 1.29 is 9.53 Å². The molecular formula is C10H20BrNO2. The fourth-order valence-corrected chi connectivity index (χ4v) is 1.54. The number of nitrogens with one attached hydrogen (secondary N) is 1. The zero-order chi connectivity index (χ0) is 11.2. The van der Waals surface area contributed by atoms with E-state index < -0.39 is 5.60 Å². The van der Waals surface area contributed by atoms with Gasteiger partial charge in [0.05, 0.1) is 0 Å². The zero-order valence-corrected chi connectivity index (χ0v) is 11.0. The molecule has 0 spiro atoms. The van der Waals surface area contributed by atoms with Gasteiger partial charge in [-0.15, -0.1) is 0 Å². The van der Waals surface area contributed by atoms with Gasteiger partial charge >= 0.3 is 6.09 Å². The van der Waals surface area contributed by atoms with Gasteiger partial charge < -0.3 is 10.1 Å². The third-order valence-electron chi connectivity index (χ3n) is 1.47. The summed E-state index contributed by atoms with van der Waals surface area (Å²) in [7, 11) is 0. The van der Waals surface area contributed by atoms with Crippen LogP contribution in [0.1, 0.15) is 40.5 Å². The summed E-state index contributed by atoms with van der Waals surface area (Å²) in [5.41, 5.74) is -0.420. The molecule has 0 aromatic carbocycles. The minimum Gasteiger partial charge on any atom is -0.444 e. The lowest BCUT2D eigenvalue weighted by Crippen LogP contribution is -2.35. The quantitative estimate of drug-likeness (QED) is 0.794. The monoisotopic (exact) mass is 265 g/mol. The number of rotatable bonds is 4. The number of alkyl carbamates (subject to hydrolysis) is 1. The van der Waals surface area contributed by atoms with Gasteiger partial charge in [-0.25, -0.2) is 4.79 Å². The molecule has 0 aliphatic rings. The van der Waals surface area contributed by atoms with Crippen molar-refractivity contribution in [2.45, 2.75) is 51.0 Å². The van der Waals surface area contributed by atoms with Crippen LogP contribution in [0.15, 0.2) is 0 Å². The van der Waals surface area contributed by atoms with Crippen molar-refractivity contribution in [3.8, 4) is 0 Å². The lowest BCUT2D eigenvalue weighted by molar-refractivity contribution is 0.0528. The summed E-state index contributed by atoms with van der Waals surface area (Å²) >= 11 is 3.48. The third-order valence-corrected chi connectivity index (χ3v) is 2.25. The summed E-state index contributed by atoms with van der Waals surface area (Å²) in [5, 5.41) is 2.72. The van der Waals surface area contributed by atoms with E-state index in [2.05, 4.69) is 28.2 Å². The molecule has 0 bridgehead atoms. The Morgan fingerprint density at radius 3 is 2.50 bits per heavy atom. The summed E-state index contributed by atoms with van der Waals surface area (Å²) in [6, 6.07) is 0. The smallest absolute Gasteiger partial charge is 0.407 e. The minimum absolute atomic E-state index is 0.333. The van der Waals surface area contributed by atoms with Gasteiger partial charge in [-0.3, -0.25) is 0 Å². The van der Waals surface area contributed by atoms with Crippen LogP contribution in [-0.2, 0) is 4.74 Å². The van der Waals surface area contributed by atoms with Crippen LogP contribution in [0.3, 0.4) is 0 Å². The number of alkyl halides is 1. The van der Waals surface area contributed by atoms with Crippen molar-refractivity contribution in [1.29, 1.82) is 0 Å². The maximum absolute atomic E-state index is 11.2. The summed E-state index contributed by atoms with van der Waals surface area (Å²) < 4.78 is 5.10. The zero-order valence-electron chi connectivity index (χ0n) is 9.39. The average Bonchev–Trinajstić information content (AvgIpc) is 1.98. The van der Waals surface area contributed by atoms with Crippen LogP contribution in [0.4, 0.5) is 4.79 Å². The first-order valence-electron chi connectivity index (χ1n) is 4.96. The molecule has 0 aromatic heterocycles.